The lowest BCUT2D eigenvalue weighted by molar-refractivity contribution is -0.116. The molecule has 1 aliphatic carbocycles. The summed E-state index contributed by atoms with van der Waals surface area (Å²) in [4.78, 5) is 11.8. The van der Waals surface area contributed by atoms with Crippen LogP contribution in [0, 0.1) is 5.92 Å². The van der Waals surface area contributed by atoms with Crippen LogP contribution in [-0.4, -0.2) is 17.4 Å². The molecule has 0 unspecified atom stereocenters. The number of benzene rings is 1. The largest absolute Gasteiger partial charge is 0.397 e. The zero-order valence-corrected chi connectivity index (χ0v) is 12.8. The molecule has 3 N–H and O–H groups in total. The lowest BCUT2D eigenvalue weighted by atomic mass is 10.1. The van der Waals surface area contributed by atoms with Gasteiger partial charge in [-0.3, -0.25) is 4.79 Å². The van der Waals surface area contributed by atoms with Crippen molar-refractivity contribution in [3.05, 3.63) is 24.3 Å². The molecule has 0 saturated heterocycles. The fourth-order valence-corrected chi connectivity index (χ4v) is 3.77. The van der Waals surface area contributed by atoms with Crippen LogP contribution in [-0.2, 0) is 4.79 Å². The maximum atomic E-state index is 11.8. The highest BCUT2D eigenvalue weighted by atomic mass is 32.2. The standard InChI is InChI=1S/C16H24N2OS/c17-14-8-3-4-9-15(14)18-16(19)10-5-11-20-12-13-6-1-2-7-13/h3-4,8-9,13H,1-2,5-7,10-12,17H2,(H,18,19). The Morgan fingerprint density at radius 1 is 1.30 bits per heavy atom. The molecule has 0 aromatic heterocycles. The maximum Gasteiger partial charge on any atom is 0.224 e. The summed E-state index contributed by atoms with van der Waals surface area (Å²) in [6, 6.07) is 7.38. The van der Waals surface area contributed by atoms with Gasteiger partial charge in [-0.1, -0.05) is 25.0 Å². The molecule has 3 nitrogen and oxygen atoms in total. The second-order valence-electron chi connectivity index (χ2n) is 5.46. The number of carbonyl (C=O) groups is 1. The van der Waals surface area contributed by atoms with Crippen LogP contribution < -0.4 is 11.1 Å². The van der Waals surface area contributed by atoms with E-state index in [1.165, 1.54) is 31.4 Å². The zero-order chi connectivity index (χ0) is 14.2. The first kappa shape index (κ1) is 15.2. The molecule has 0 aliphatic heterocycles. The number of rotatable bonds is 7. The topological polar surface area (TPSA) is 55.1 Å². The van der Waals surface area contributed by atoms with Gasteiger partial charge >= 0.3 is 0 Å². The minimum Gasteiger partial charge on any atom is -0.397 e. The highest BCUT2D eigenvalue weighted by Crippen LogP contribution is 2.28. The summed E-state index contributed by atoms with van der Waals surface area (Å²) in [5, 5.41) is 2.87. The van der Waals surface area contributed by atoms with Gasteiger partial charge in [0.15, 0.2) is 0 Å². The van der Waals surface area contributed by atoms with Crippen molar-refractivity contribution in [2.45, 2.75) is 38.5 Å². The Morgan fingerprint density at radius 2 is 2.05 bits per heavy atom. The molecule has 0 spiro atoms. The fourth-order valence-electron chi connectivity index (χ4n) is 2.59. The highest BCUT2D eigenvalue weighted by molar-refractivity contribution is 7.99. The number of hydrogen-bond donors (Lipinski definition) is 2. The molecule has 0 heterocycles. The van der Waals surface area contributed by atoms with Gasteiger partial charge in [0, 0.05) is 6.42 Å². The summed E-state index contributed by atoms with van der Waals surface area (Å²) in [5.41, 5.74) is 7.14. The minimum atomic E-state index is 0.0596. The van der Waals surface area contributed by atoms with E-state index in [0.717, 1.165) is 23.8 Å². The van der Waals surface area contributed by atoms with E-state index in [-0.39, 0.29) is 5.91 Å². The molecule has 1 saturated carbocycles. The van der Waals surface area contributed by atoms with Crippen LogP contribution in [0.15, 0.2) is 24.3 Å². The predicted octanol–water partition coefficient (Wildman–Crippen LogP) is 3.91. The minimum absolute atomic E-state index is 0.0596. The van der Waals surface area contributed by atoms with Gasteiger partial charge in [-0.15, -0.1) is 0 Å². The molecular weight excluding hydrogens is 268 g/mol. The molecule has 1 aromatic rings. The number of anilines is 2. The molecule has 0 radical (unpaired) electrons. The van der Waals surface area contributed by atoms with Gasteiger partial charge in [-0.2, -0.15) is 11.8 Å². The van der Waals surface area contributed by atoms with Crippen LogP contribution >= 0.6 is 11.8 Å². The Labute approximate surface area is 125 Å². The van der Waals surface area contributed by atoms with Crippen molar-refractivity contribution in [3.8, 4) is 0 Å². The van der Waals surface area contributed by atoms with Gasteiger partial charge in [0.05, 0.1) is 11.4 Å². The monoisotopic (exact) mass is 292 g/mol. The first-order valence-corrected chi connectivity index (χ1v) is 8.63. The Morgan fingerprint density at radius 3 is 2.80 bits per heavy atom. The summed E-state index contributed by atoms with van der Waals surface area (Å²) in [5.74, 6) is 3.34. The maximum absolute atomic E-state index is 11.8. The number of hydrogen-bond acceptors (Lipinski definition) is 3. The Kier molecular flexibility index (Phi) is 6.25. The molecule has 1 aliphatic rings. The van der Waals surface area contributed by atoms with E-state index in [9.17, 15) is 4.79 Å². The van der Waals surface area contributed by atoms with Crippen molar-refractivity contribution in [2.24, 2.45) is 5.92 Å². The SMILES string of the molecule is Nc1ccccc1NC(=O)CCCSCC1CCCC1. The number of thioether (sulfide) groups is 1. The predicted molar refractivity (Wildman–Crippen MR) is 88.0 cm³/mol. The van der Waals surface area contributed by atoms with E-state index < -0.39 is 0 Å². The molecular formula is C16H24N2OS. The molecule has 4 heteroatoms. The number of nitrogen functional groups attached to an aromatic ring is 1. The van der Waals surface area contributed by atoms with Gasteiger partial charge < -0.3 is 11.1 Å². The number of amides is 1. The molecule has 110 valence electrons. The van der Waals surface area contributed by atoms with E-state index in [2.05, 4.69) is 5.32 Å². The van der Waals surface area contributed by atoms with Crippen LogP contribution in [0.5, 0.6) is 0 Å². The normalized spacial score (nSPS) is 15.4. The molecule has 0 atom stereocenters. The first-order valence-electron chi connectivity index (χ1n) is 7.48. The van der Waals surface area contributed by atoms with Crippen LogP contribution in [0.25, 0.3) is 0 Å². The van der Waals surface area contributed by atoms with Crippen molar-refractivity contribution in [1.82, 2.24) is 0 Å². The third-order valence-electron chi connectivity index (χ3n) is 3.76. The molecule has 1 fully saturated rings. The molecule has 1 amide bonds. The van der Waals surface area contributed by atoms with Gasteiger partial charge in [0.2, 0.25) is 5.91 Å². The molecule has 2 rings (SSSR count). The van der Waals surface area contributed by atoms with Crippen molar-refractivity contribution in [3.63, 3.8) is 0 Å². The van der Waals surface area contributed by atoms with Gasteiger partial charge in [-0.05, 0) is 48.8 Å². The van der Waals surface area contributed by atoms with Gasteiger partial charge in [0.1, 0.15) is 0 Å². The second kappa shape index (κ2) is 8.20. The average molecular weight is 292 g/mol. The second-order valence-corrected chi connectivity index (χ2v) is 6.61. The fraction of sp³-hybridized carbons (Fsp3) is 0.562. The quantitative estimate of drug-likeness (QED) is 0.592. The van der Waals surface area contributed by atoms with E-state index >= 15 is 0 Å². The number of para-hydroxylation sites is 2. The average Bonchev–Trinajstić information content (AvgIpc) is 2.94. The molecule has 0 bridgehead atoms. The zero-order valence-electron chi connectivity index (χ0n) is 11.9. The van der Waals surface area contributed by atoms with E-state index in [0.29, 0.717) is 12.1 Å². The number of nitrogens with two attached hydrogens (primary N) is 1. The van der Waals surface area contributed by atoms with Crippen LogP contribution in [0.2, 0.25) is 0 Å². The highest BCUT2D eigenvalue weighted by Gasteiger charge is 2.14. The smallest absolute Gasteiger partial charge is 0.224 e. The van der Waals surface area contributed by atoms with E-state index in [1.807, 2.05) is 30.0 Å². The van der Waals surface area contributed by atoms with E-state index in [4.69, 9.17) is 5.73 Å². The summed E-state index contributed by atoms with van der Waals surface area (Å²) in [6.45, 7) is 0. The molecule has 20 heavy (non-hydrogen) atoms. The lowest BCUT2D eigenvalue weighted by Crippen LogP contribution is -2.12. The van der Waals surface area contributed by atoms with Crippen LogP contribution in [0.1, 0.15) is 38.5 Å². The van der Waals surface area contributed by atoms with Crippen LogP contribution in [0.3, 0.4) is 0 Å². The number of nitrogens with one attached hydrogen (secondary N) is 1. The lowest BCUT2D eigenvalue weighted by Gasteiger charge is -2.09. The van der Waals surface area contributed by atoms with Crippen LogP contribution in [0.4, 0.5) is 11.4 Å². The summed E-state index contributed by atoms with van der Waals surface area (Å²) < 4.78 is 0. The Hall–Kier alpha value is -1.16. The van der Waals surface area contributed by atoms with E-state index in [1.54, 1.807) is 6.07 Å². The Balaban J connectivity index is 1.57. The summed E-state index contributed by atoms with van der Waals surface area (Å²) >= 11 is 2.00. The molecule has 1 aromatic carbocycles. The van der Waals surface area contributed by atoms with Crippen molar-refractivity contribution < 1.29 is 4.79 Å². The Bertz CT molecular complexity index is 430. The third-order valence-corrected chi connectivity index (χ3v) is 5.04. The first-order chi connectivity index (χ1) is 9.75. The van der Waals surface area contributed by atoms with Crippen molar-refractivity contribution in [1.29, 1.82) is 0 Å². The van der Waals surface area contributed by atoms with Crippen molar-refractivity contribution >= 4 is 29.0 Å². The van der Waals surface area contributed by atoms with Gasteiger partial charge in [-0.25, -0.2) is 0 Å². The number of carbonyl (C=O) groups excluding carboxylic acids is 1. The summed E-state index contributed by atoms with van der Waals surface area (Å²) in [7, 11) is 0. The van der Waals surface area contributed by atoms with Crippen molar-refractivity contribution in [2.75, 3.05) is 22.6 Å². The third kappa shape index (κ3) is 5.08. The van der Waals surface area contributed by atoms with Gasteiger partial charge in [0.25, 0.3) is 0 Å². The summed E-state index contributed by atoms with van der Waals surface area (Å²) in [6.07, 6.45) is 7.14.